The lowest BCUT2D eigenvalue weighted by Crippen LogP contribution is -2.35. The number of aromatic nitrogens is 3. The molecule has 0 radical (unpaired) electrons. The van der Waals surface area contributed by atoms with Gasteiger partial charge in [0.15, 0.2) is 0 Å². The Kier molecular flexibility index (Phi) is 4.22. The summed E-state index contributed by atoms with van der Waals surface area (Å²) in [5, 5.41) is 1.14. The molecule has 0 amide bonds. The van der Waals surface area contributed by atoms with E-state index in [2.05, 4.69) is 28.1 Å². The fraction of sp³-hybridized carbons (Fsp3) is 0.174. The van der Waals surface area contributed by atoms with Crippen LogP contribution < -0.4 is 5.56 Å². The molecule has 5 heteroatoms. The molecule has 0 saturated heterocycles. The molecule has 1 aliphatic heterocycles. The minimum Gasteiger partial charge on any atom is -0.306 e. The van der Waals surface area contributed by atoms with Crippen molar-refractivity contribution in [1.82, 2.24) is 19.9 Å². The third-order valence-corrected chi connectivity index (χ3v) is 5.24. The van der Waals surface area contributed by atoms with Gasteiger partial charge in [-0.1, -0.05) is 54.6 Å². The fourth-order valence-electron chi connectivity index (χ4n) is 3.77. The molecule has 2 aromatic carbocycles. The van der Waals surface area contributed by atoms with Crippen LogP contribution in [-0.2, 0) is 19.5 Å². The van der Waals surface area contributed by atoms with Gasteiger partial charge in [0.1, 0.15) is 5.82 Å². The van der Waals surface area contributed by atoms with Crippen molar-refractivity contribution >= 4 is 10.9 Å². The van der Waals surface area contributed by atoms with Crippen LogP contribution in [-0.4, -0.2) is 26.4 Å². The van der Waals surface area contributed by atoms with E-state index in [-0.39, 0.29) is 5.56 Å². The van der Waals surface area contributed by atoms with Crippen LogP contribution in [0.5, 0.6) is 0 Å². The number of benzene rings is 2. The number of pyridine rings is 1. The van der Waals surface area contributed by atoms with Gasteiger partial charge in [-0.15, -0.1) is 0 Å². The fourth-order valence-corrected chi connectivity index (χ4v) is 3.77. The SMILES string of the molecule is O=c1[nH]c(-c2ccccc2)nc2c1CN(Cc1ccc3ccccc3n1)CC2. The van der Waals surface area contributed by atoms with Crippen molar-refractivity contribution < 1.29 is 0 Å². The zero-order valence-electron chi connectivity index (χ0n) is 15.4. The second kappa shape index (κ2) is 7.02. The molecule has 0 saturated carbocycles. The number of rotatable bonds is 3. The number of nitrogens with one attached hydrogen (secondary N) is 1. The number of fused-ring (bicyclic) bond motifs is 2. The molecular formula is C23H20N4O. The summed E-state index contributed by atoms with van der Waals surface area (Å²) in [6, 6.07) is 22.1. The molecule has 0 aliphatic carbocycles. The van der Waals surface area contributed by atoms with Crippen LogP contribution in [0, 0.1) is 0 Å². The van der Waals surface area contributed by atoms with Crippen LogP contribution >= 0.6 is 0 Å². The van der Waals surface area contributed by atoms with E-state index in [9.17, 15) is 4.79 Å². The van der Waals surface area contributed by atoms with E-state index in [4.69, 9.17) is 9.97 Å². The zero-order chi connectivity index (χ0) is 18.9. The summed E-state index contributed by atoms with van der Waals surface area (Å²) in [7, 11) is 0. The predicted molar refractivity (Wildman–Crippen MR) is 110 cm³/mol. The lowest BCUT2D eigenvalue weighted by Gasteiger charge is -2.27. The van der Waals surface area contributed by atoms with Crippen molar-refractivity contribution in [2.75, 3.05) is 6.54 Å². The molecule has 28 heavy (non-hydrogen) atoms. The van der Waals surface area contributed by atoms with Gasteiger partial charge in [0, 0.05) is 37.0 Å². The number of H-pyrrole nitrogens is 1. The van der Waals surface area contributed by atoms with Crippen molar-refractivity contribution in [2.45, 2.75) is 19.5 Å². The van der Waals surface area contributed by atoms with Gasteiger partial charge < -0.3 is 4.98 Å². The quantitative estimate of drug-likeness (QED) is 0.601. The Morgan fingerprint density at radius 1 is 0.929 bits per heavy atom. The van der Waals surface area contributed by atoms with Crippen molar-refractivity contribution in [3.63, 3.8) is 0 Å². The molecule has 1 N–H and O–H groups in total. The molecule has 5 rings (SSSR count). The first-order chi connectivity index (χ1) is 13.8. The molecular weight excluding hydrogens is 348 g/mol. The molecule has 0 fully saturated rings. The maximum atomic E-state index is 12.7. The zero-order valence-corrected chi connectivity index (χ0v) is 15.4. The lowest BCUT2D eigenvalue weighted by atomic mass is 10.1. The molecule has 5 nitrogen and oxygen atoms in total. The Bertz CT molecular complexity index is 1200. The standard InChI is InChI=1S/C23H20N4O/c28-23-19-15-27(14-18-11-10-16-6-4-5-9-20(16)24-18)13-12-21(19)25-22(26-23)17-7-2-1-3-8-17/h1-11H,12-15H2,(H,25,26,28). The topological polar surface area (TPSA) is 61.9 Å². The van der Waals surface area contributed by atoms with Crippen molar-refractivity contribution in [3.8, 4) is 11.4 Å². The first-order valence-electron chi connectivity index (χ1n) is 9.51. The monoisotopic (exact) mass is 368 g/mol. The van der Waals surface area contributed by atoms with Crippen LogP contribution in [0.15, 0.2) is 71.5 Å². The maximum Gasteiger partial charge on any atom is 0.255 e. The van der Waals surface area contributed by atoms with E-state index in [0.29, 0.717) is 12.4 Å². The third-order valence-electron chi connectivity index (χ3n) is 5.24. The number of hydrogen-bond donors (Lipinski definition) is 1. The highest BCUT2D eigenvalue weighted by Crippen LogP contribution is 2.20. The molecule has 4 aromatic rings. The van der Waals surface area contributed by atoms with Crippen molar-refractivity contribution in [2.24, 2.45) is 0 Å². The van der Waals surface area contributed by atoms with E-state index < -0.39 is 0 Å². The van der Waals surface area contributed by atoms with Gasteiger partial charge >= 0.3 is 0 Å². The van der Waals surface area contributed by atoms with E-state index in [1.807, 2.05) is 48.5 Å². The summed E-state index contributed by atoms with van der Waals surface area (Å²) in [5.41, 5.74) is 4.60. The Balaban J connectivity index is 1.39. The van der Waals surface area contributed by atoms with E-state index in [1.165, 1.54) is 0 Å². The average Bonchev–Trinajstić information content (AvgIpc) is 2.74. The summed E-state index contributed by atoms with van der Waals surface area (Å²) in [5.74, 6) is 0.647. The summed E-state index contributed by atoms with van der Waals surface area (Å²) in [6.07, 6.45) is 0.771. The van der Waals surface area contributed by atoms with Gasteiger partial charge in [-0.05, 0) is 12.1 Å². The minimum absolute atomic E-state index is 0.0416. The number of aromatic amines is 1. The smallest absolute Gasteiger partial charge is 0.255 e. The molecule has 138 valence electrons. The second-order valence-corrected chi connectivity index (χ2v) is 7.16. The number of hydrogen-bond acceptors (Lipinski definition) is 4. The Labute approximate surface area is 162 Å². The number of para-hydroxylation sites is 1. The first kappa shape index (κ1) is 16.8. The number of nitrogens with zero attached hydrogens (tertiary/aromatic N) is 3. The predicted octanol–water partition coefficient (Wildman–Crippen LogP) is 3.54. The summed E-state index contributed by atoms with van der Waals surface area (Å²) >= 11 is 0. The van der Waals surface area contributed by atoms with Gasteiger partial charge in [-0.25, -0.2) is 4.98 Å². The molecule has 0 atom stereocenters. The Hall–Kier alpha value is -3.31. The summed E-state index contributed by atoms with van der Waals surface area (Å²) < 4.78 is 0. The van der Waals surface area contributed by atoms with Crippen LogP contribution in [0.3, 0.4) is 0 Å². The molecule has 0 bridgehead atoms. The lowest BCUT2D eigenvalue weighted by molar-refractivity contribution is 0.239. The van der Waals surface area contributed by atoms with Gasteiger partial charge in [-0.2, -0.15) is 0 Å². The highest BCUT2D eigenvalue weighted by Gasteiger charge is 2.22. The van der Waals surface area contributed by atoms with Crippen LogP contribution in [0.2, 0.25) is 0 Å². The Morgan fingerprint density at radius 2 is 1.75 bits per heavy atom. The molecule has 0 unspecified atom stereocenters. The van der Waals surface area contributed by atoms with Gasteiger partial charge in [0.25, 0.3) is 5.56 Å². The van der Waals surface area contributed by atoms with Gasteiger partial charge in [0.2, 0.25) is 0 Å². The maximum absolute atomic E-state index is 12.7. The van der Waals surface area contributed by atoms with E-state index in [0.717, 1.165) is 52.9 Å². The minimum atomic E-state index is -0.0416. The molecule has 0 spiro atoms. The highest BCUT2D eigenvalue weighted by atomic mass is 16.1. The first-order valence-corrected chi connectivity index (χ1v) is 9.51. The van der Waals surface area contributed by atoms with E-state index >= 15 is 0 Å². The second-order valence-electron chi connectivity index (χ2n) is 7.16. The van der Waals surface area contributed by atoms with Gasteiger partial charge in [0.05, 0.1) is 22.5 Å². The molecule has 3 heterocycles. The van der Waals surface area contributed by atoms with Gasteiger partial charge in [-0.3, -0.25) is 14.7 Å². The summed E-state index contributed by atoms with van der Waals surface area (Å²) in [4.78, 5) is 27.4. The normalized spacial score (nSPS) is 14.1. The van der Waals surface area contributed by atoms with Crippen molar-refractivity contribution in [1.29, 1.82) is 0 Å². The molecule has 1 aliphatic rings. The molecule has 2 aromatic heterocycles. The van der Waals surface area contributed by atoms with Crippen LogP contribution in [0.25, 0.3) is 22.3 Å². The van der Waals surface area contributed by atoms with Crippen LogP contribution in [0.4, 0.5) is 0 Å². The van der Waals surface area contributed by atoms with Crippen LogP contribution in [0.1, 0.15) is 17.0 Å². The Morgan fingerprint density at radius 3 is 2.64 bits per heavy atom. The average molecular weight is 368 g/mol. The summed E-state index contributed by atoms with van der Waals surface area (Å²) in [6.45, 7) is 2.19. The van der Waals surface area contributed by atoms with E-state index in [1.54, 1.807) is 0 Å². The largest absolute Gasteiger partial charge is 0.306 e. The van der Waals surface area contributed by atoms with Crippen molar-refractivity contribution in [3.05, 3.63) is 94.0 Å². The third kappa shape index (κ3) is 3.21. The highest BCUT2D eigenvalue weighted by molar-refractivity contribution is 5.78.